The predicted molar refractivity (Wildman–Crippen MR) is 33.0 cm³/mol. The lowest BCUT2D eigenvalue weighted by Gasteiger charge is -2.35. The molecule has 3 N–H and O–H groups in total. The van der Waals surface area contributed by atoms with Crippen molar-refractivity contribution < 1.29 is 25.2 Å². The molecule has 1 fully saturated rings. The molecule has 0 aromatic heterocycles. The van der Waals surface area contributed by atoms with E-state index in [0.717, 1.165) is 0 Å². The summed E-state index contributed by atoms with van der Waals surface area (Å²) in [5, 5.41) is 37.6. The van der Waals surface area contributed by atoms with Gasteiger partial charge in [0.2, 0.25) is 0 Å². The van der Waals surface area contributed by atoms with Crippen LogP contribution in [0.3, 0.4) is 0 Å². The molecule has 5 nitrogen and oxygen atoms in total. The summed E-state index contributed by atoms with van der Waals surface area (Å²) in [6.07, 6.45) is -6.57. The summed E-state index contributed by atoms with van der Waals surface area (Å²) in [7, 11) is 0. The molecule has 0 aromatic carbocycles. The SMILES string of the molecule is CC1O[C@H](O)C([O])[C@H](O)[C@H]1O. The van der Waals surface area contributed by atoms with E-state index in [1.54, 1.807) is 0 Å². The zero-order chi connectivity index (χ0) is 8.59. The van der Waals surface area contributed by atoms with Gasteiger partial charge in [-0.3, -0.25) is 0 Å². The highest BCUT2D eigenvalue weighted by atomic mass is 16.6. The maximum Gasteiger partial charge on any atom is 0.187 e. The van der Waals surface area contributed by atoms with Crippen LogP contribution in [0.1, 0.15) is 6.92 Å². The van der Waals surface area contributed by atoms with E-state index >= 15 is 0 Å². The molecule has 1 radical (unpaired) electrons. The molecule has 0 spiro atoms. The molecule has 65 valence electrons. The van der Waals surface area contributed by atoms with Crippen LogP contribution >= 0.6 is 0 Å². The van der Waals surface area contributed by atoms with Crippen molar-refractivity contribution in [1.29, 1.82) is 0 Å². The van der Waals surface area contributed by atoms with Gasteiger partial charge >= 0.3 is 0 Å². The van der Waals surface area contributed by atoms with Crippen LogP contribution in [0.15, 0.2) is 0 Å². The van der Waals surface area contributed by atoms with Gasteiger partial charge in [0.15, 0.2) is 12.4 Å². The van der Waals surface area contributed by atoms with Crippen molar-refractivity contribution in [1.82, 2.24) is 0 Å². The number of hydrogen-bond acceptors (Lipinski definition) is 4. The van der Waals surface area contributed by atoms with Crippen LogP contribution in [0.25, 0.3) is 0 Å². The van der Waals surface area contributed by atoms with E-state index in [1.807, 2.05) is 0 Å². The van der Waals surface area contributed by atoms with Crippen molar-refractivity contribution in [2.45, 2.75) is 37.6 Å². The Hall–Kier alpha value is -0.200. The summed E-state index contributed by atoms with van der Waals surface area (Å²) in [5.74, 6) is 0. The van der Waals surface area contributed by atoms with E-state index < -0.39 is 30.7 Å². The summed E-state index contributed by atoms with van der Waals surface area (Å²) in [6.45, 7) is 1.48. The molecule has 1 heterocycles. The van der Waals surface area contributed by atoms with Crippen molar-refractivity contribution in [3.8, 4) is 0 Å². The highest BCUT2D eigenvalue weighted by Crippen LogP contribution is 2.19. The fourth-order valence-electron chi connectivity index (χ4n) is 1.02. The highest BCUT2D eigenvalue weighted by molar-refractivity contribution is 4.85. The van der Waals surface area contributed by atoms with E-state index in [-0.39, 0.29) is 0 Å². The van der Waals surface area contributed by atoms with E-state index in [4.69, 9.17) is 15.3 Å². The third kappa shape index (κ3) is 1.52. The summed E-state index contributed by atoms with van der Waals surface area (Å²) in [6, 6.07) is 0. The van der Waals surface area contributed by atoms with Crippen molar-refractivity contribution in [3.63, 3.8) is 0 Å². The molecule has 5 heteroatoms. The lowest BCUT2D eigenvalue weighted by atomic mass is 10.0. The van der Waals surface area contributed by atoms with Gasteiger partial charge in [-0.05, 0) is 6.92 Å². The van der Waals surface area contributed by atoms with Crippen LogP contribution in [0, 0.1) is 0 Å². The first-order valence-corrected chi connectivity index (χ1v) is 3.39. The Morgan fingerprint density at radius 2 is 1.73 bits per heavy atom. The number of ether oxygens (including phenoxy) is 1. The van der Waals surface area contributed by atoms with Crippen LogP contribution in [0.2, 0.25) is 0 Å². The molecular formula is C6H11O5. The zero-order valence-corrected chi connectivity index (χ0v) is 6.04. The van der Waals surface area contributed by atoms with Crippen molar-refractivity contribution in [2.24, 2.45) is 0 Å². The second-order valence-electron chi connectivity index (χ2n) is 2.68. The summed E-state index contributed by atoms with van der Waals surface area (Å²) >= 11 is 0. The van der Waals surface area contributed by atoms with Gasteiger partial charge in [-0.2, -0.15) is 0 Å². The van der Waals surface area contributed by atoms with Crippen LogP contribution in [0.4, 0.5) is 0 Å². The van der Waals surface area contributed by atoms with E-state index in [2.05, 4.69) is 4.74 Å². The van der Waals surface area contributed by atoms with Crippen molar-refractivity contribution in [2.75, 3.05) is 0 Å². The molecule has 11 heavy (non-hydrogen) atoms. The monoisotopic (exact) mass is 163 g/mol. The Balaban J connectivity index is 2.63. The van der Waals surface area contributed by atoms with Crippen molar-refractivity contribution in [3.05, 3.63) is 0 Å². The Bertz CT molecular complexity index is 125. The number of aliphatic hydroxyl groups excluding tert-OH is 3. The normalized spacial score (nSPS) is 52.6. The third-order valence-electron chi connectivity index (χ3n) is 1.80. The second-order valence-corrected chi connectivity index (χ2v) is 2.68. The quantitative estimate of drug-likeness (QED) is 0.395. The molecule has 0 amide bonds. The second kappa shape index (κ2) is 3.04. The summed E-state index contributed by atoms with van der Waals surface area (Å²) in [5.41, 5.74) is 0. The molecule has 1 aliphatic rings. The zero-order valence-electron chi connectivity index (χ0n) is 6.04. The van der Waals surface area contributed by atoms with Crippen LogP contribution in [-0.4, -0.2) is 46.0 Å². The van der Waals surface area contributed by atoms with Gasteiger partial charge in [0.05, 0.1) is 6.10 Å². The Kier molecular flexibility index (Phi) is 2.46. The Morgan fingerprint density at radius 1 is 1.18 bits per heavy atom. The highest BCUT2D eigenvalue weighted by Gasteiger charge is 2.41. The first-order valence-electron chi connectivity index (χ1n) is 3.39. The van der Waals surface area contributed by atoms with Gasteiger partial charge < -0.3 is 20.1 Å². The predicted octanol–water partition coefficient (Wildman–Crippen LogP) is -1.76. The standard InChI is InChI=1S/C6H11O5/c1-2-3(7)4(8)5(9)6(10)11-2/h2-8,10H,1H3/t2?,3-,4+,5?,6-/m0/s1. The number of rotatable bonds is 0. The molecule has 0 aliphatic carbocycles. The maximum absolute atomic E-state index is 10.8. The fraction of sp³-hybridized carbons (Fsp3) is 1.00. The molecule has 1 saturated heterocycles. The molecule has 0 bridgehead atoms. The molecule has 0 saturated carbocycles. The van der Waals surface area contributed by atoms with Gasteiger partial charge in [-0.1, -0.05) is 0 Å². The van der Waals surface area contributed by atoms with Crippen LogP contribution in [0.5, 0.6) is 0 Å². The van der Waals surface area contributed by atoms with Crippen molar-refractivity contribution >= 4 is 0 Å². The Labute approximate surface area is 63.8 Å². The fourth-order valence-corrected chi connectivity index (χ4v) is 1.02. The van der Waals surface area contributed by atoms with Gasteiger partial charge in [-0.25, -0.2) is 5.11 Å². The van der Waals surface area contributed by atoms with Crippen LogP contribution in [-0.2, 0) is 9.84 Å². The third-order valence-corrected chi connectivity index (χ3v) is 1.80. The average Bonchev–Trinajstić information content (AvgIpc) is 1.97. The minimum atomic E-state index is -1.68. The minimum Gasteiger partial charge on any atom is -0.388 e. The first-order chi connectivity index (χ1) is 5.04. The van der Waals surface area contributed by atoms with E-state index in [1.165, 1.54) is 6.92 Å². The number of aliphatic hydroxyl groups is 3. The largest absolute Gasteiger partial charge is 0.388 e. The van der Waals surface area contributed by atoms with Gasteiger partial charge in [0.25, 0.3) is 0 Å². The first kappa shape index (κ1) is 8.89. The average molecular weight is 163 g/mol. The van der Waals surface area contributed by atoms with Crippen LogP contribution < -0.4 is 0 Å². The molecule has 1 aliphatic heterocycles. The molecule has 0 aromatic rings. The summed E-state index contributed by atoms with van der Waals surface area (Å²) < 4.78 is 4.61. The molecular weight excluding hydrogens is 152 g/mol. The molecule has 2 unspecified atom stereocenters. The summed E-state index contributed by atoms with van der Waals surface area (Å²) in [4.78, 5) is 0. The van der Waals surface area contributed by atoms with E-state index in [9.17, 15) is 5.11 Å². The smallest absolute Gasteiger partial charge is 0.187 e. The molecule has 5 atom stereocenters. The van der Waals surface area contributed by atoms with E-state index in [0.29, 0.717) is 0 Å². The van der Waals surface area contributed by atoms with Gasteiger partial charge in [-0.15, -0.1) is 0 Å². The van der Waals surface area contributed by atoms with Gasteiger partial charge in [0.1, 0.15) is 12.2 Å². The number of hydrogen-bond donors (Lipinski definition) is 3. The van der Waals surface area contributed by atoms with Gasteiger partial charge in [0, 0.05) is 0 Å². The lowest BCUT2D eigenvalue weighted by Crippen LogP contribution is -2.55. The Morgan fingerprint density at radius 3 is 2.27 bits per heavy atom. The lowest BCUT2D eigenvalue weighted by molar-refractivity contribution is -0.290. The molecule has 1 rings (SSSR count). The maximum atomic E-state index is 10.8. The topological polar surface area (TPSA) is 89.8 Å². The minimum absolute atomic E-state index is 0.704.